The number of fused-ring (bicyclic) bond motifs is 1. The second-order valence-corrected chi connectivity index (χ2v) is 5.88. The van der Waals surface area contributed by atoms with E-state index in [2.05, 4.69) is 15.1 Å². The molecule has 0 unspecified atom stereocenters. The van der Waals surface area contributed by atoms with Crippen molar-refractivity contribution in [2.24, 2.45) is 7.05 Å². The number of thiophene rings is 1. The zero-order valence-corrected chi connectivity index (χ0v) is 12.6. The fraction of sp³-hybridized carbons (Fsp3) is 0.308. The zero-order valence-electron chi connectivity index (χ0n) is 11.8. The summed E-state index contributed by atoms with van der Waals surface area (Å²) >= 11 is 1.55. The number of hydrogen-bond donors (Lipinski definition) is 0. The molecule has 0 bridgehead atoms. The summed E-state index contributed by atoms with van der Waals surface area (Å²) in [5, 5.41) is 4.38. The third-order valence-electron chi connectivity index (χ3n) is 3.15. The van der Waals surface area contributed by atoms with E-state index in [1.54, 1.807) is 11.3 Å². The van der Waals surface area contributed by atoms with Crippen molar-refractivity contribution in [3.63, 3.8) is 0 Å². The highest BCUT2D eigenvalue weighted by atomic mass is 32.1. The van der Waals surface area contributed by atoms with Gasteiger partial charge in [0.15, 0.2) is 17.3 Å². The fourth-order valence-electron chi connectivity index (χ4n) is 2.01. The molecule has 0 fully saturated rings. The highest BCUT2D eigenvalue weighted by Crippen LogP contribution is 2.25. The van der Waals surface area contributed by atoms with Crippen molar-refractivity contribution < 1.29 is 0 Å². The van der Waals surface area contributed by atoms with Crippen molar-refractivity contribution in [2.75, 3.05) is 0 Å². The van der Waals surface area contributed by atoms with E-state index in [0.717, 1.165) is 14.3 Å². The summed E-state index contributed by atoms with van der Waals surface area (Å²) in [6.45, 7) is 4.36. The molecule has 2 aliphatic heterocycles. The van der Waals surface area contributed by atoms with E-state index in [4.69, 9.17) is 0 Å². The standard InChI is InChI=1S/C13H13N5O2S/c1-4-18-11-9(12(19)17(3)13(20)15-11)14-10(16-18)8-6-5-7(2)21-8/h5-6H,4H2,1-3H3. The number of aryl methyl sites for hydroxylation is 2. The lowest BCUT2D eigenvalue weighted by atomic mass is 10.3. The molecule has 0 amide bonds. The van der Waals surface area contributed by atoms with E-state index in [1.807, 2.05) is 26.0 Å². The van der Waals surface area contributed by atoms with E-state index in [1.165, 1.54) is 11.7 Å². The van der Waals surface area contributed by atoms with Crippen LogP contribution in [-0.2, 0) is 13.6 Å². The molecule has 0 spiro atoms. The SMILES string of the molecule is CCn1nc(-c2ccc(C)s2)nc2c(=O)n(C)c(=O)nc1-2. The summed E-state index contributed by atoms with van der Waals surface area (Å²) in [6, 6.07) is 3.89. The van der Waals surface area contributed by atoms with Gasteiger partial charge in [0, 0.05) is 18.5 Å². The smallest absolute Gasteiger partial charge is 0.267 e. The normalized spacial score (nSPS) is 11.2. The Morgan fingerprint density at radius 2 is 2.00 bits per heavy atom. The highest BCUT2D eigenvalue weighted by molar-refractivity contribution is 7.15. The second kappa shape index (κ2) is 4.88. The maximum atomic E-state index is 12.2. The van der Waals surface area contributed by atoms with E-state index in [-0.39, 0.29) is 11.5 Å². The first-order chi connectivity index (χ1) is 10.0. The van der Waals surface area contributed by atoms with Crippen LogP contribution in [0.25, 0.3) is 22.2 Å². The van der Waals surface area contributed by atoms with E-state index >= 15 is 0 Å². The van der Waals surface area contributed by atoms with Crippen LogP contribution in [0.3, 0.4) is 0 Å². The first kappa shape index (κ1) is 13.6. The average molecular weight is 303 g/mol. The van der Waals surface area contributed by atoms with E-state index < -0.39 is 11.2 Å². The minimum Gasteiger partial charge on any atom is -0.267 e. The Hall–Kier alpha value is -2.35. The third-order valence-corrected chi connectivity index (χ3v) is 4.14. The first-order valence-electron chi connectivity index (χ1n) is 6.44. The van der Waals surface area contributed by atoms with Crippen LogP contribution in [0.5, 0.6) is 0 Å². The molecule has 3 heterocycles. The lowest BCUT2D eigenvalue weighted by Crippen LogP contribution is -2.37. The molecule has 21 heavy (non-hydrogen) atoms. The first-order valence-corrected chi connectivity index (χ1v) is 7.25. The summed E-state index contributed by atoms with van der Waals surface area (Å²) < 4.78 is 2.49. The maximum absolute atomic E-state index is 12.2. The predicted octanol–water partition coefficient (Wildman–Crippen LogP) is 0.894. The van der Waals surface area contributed by atoms with Gasteiger partial charge >= 0.3 is 5.69 Å². The molecule has 108 valence electrons. The Morgan fingerprint density at radius 1 is 1.24 bits per heavy atom. The van der Waals surface area contributed by atoms with Crippen molar-refractivity contribution in [3.8, 4) is 22.2 Å². The molecular formula is C13H13N5O2S. The molecular weight excluding hydrogens is 290 g/mol. The average Bonchev–Trinajstić information content (AvgIpc) is 2.91. The van der Waals surface area contributed by atoms with Crippen molar-refractivity contribution >= 4 is 11.3 Å². The summed E-state index contributed by atoms with van der Waals surface area (Å²) in [5.74, 6) is 0.697. The Bertz CT molecular complexity index is 908. The van der Waals surface area contributed by atoms with Crippen LogP contribution in [-0.4, -0.2) is 24.3 Å². The molecule has 3 rings (SSSR count). The molecule has 0 aromatic carbocycles. The van der Waals surface area contributed by atoms with Gasteiger partial charge in [-0.05, 0) is 26.0 Å². The highest BCUT2D eigenvalue weighted by Gasteiger charge is 2.20. The van der Waals surface area contributed by atoms with Gasteiger partial charge in [-0.2, -0.15) is 4.98 Å². The van der Waals surface area contributed by atoms with Gasteiger partial charge in [-0.25, -0.2) is 14.5 Å². The quantitative estimate of drug-likeness (QED) is 0.702. The molecule has 0 saturated carbocycles. The molecule has 0 aliphatic carbocycles. The second-order valence-electron chi connectivity index (χ2n) is 4.59. The van der Waals surface area contributed by atoms with Gasteiger partial charge in [-0.15, -0.1) is 16.4 Å². The summed E-state index contributed by atoms with van der Waals surface area (Å²) in [4.78, 5) is 34.1. The third kappa shape index (κ3) is 2.17. The van der Waals surface area contributed by atoms with Crippen molar-refractivity contribution in [3.05, 3.63) is 37.8 Å². The molecule has 1 aromatic heterocycles. The summed E-state index contributed by atoms with van der Waals surface area (Å²) in [6.07, 6.45) is 0. The monoisotopic (exact) mass is 303 g/mol. The summed E-state index contributed by atoms with van der Waals surface area (Å²) in [5.41, 5.74) is -0.892. The van der Waals surface area contributed by atoms with E-state index in [0.29, 0.717) is 12.4 Å². The van der Waals surface area contributed by atoms with Crippen LogP contribution in [0, 0.1) is 6.92 Å². The molecule has 0 radical (unpaired) electrons. The lowest BCUT2D eigenvalue weighted by Gasteiger charge is -2.12. The minimum atomic E-state index is -0.599. The van der Waals surface area contributed by atoms with Crippen LogP contribution < -0.4 is 11.2 Å². The fourth-order valence-corrected chi connectivity index (χ4v) is 2.80. The number of hydrogen-bond acceptors (Lipinski definition) is 6. The van der Waals surface area contributed by atoms with Gasteiger partial charge in [0.25, 0.3) is 5.56 Å². The molecule has 1 aromatic rings. The molecule has 0 N–H and O–H groups in total. The molecule has 2 aliphatic rings. The molecule has 0 saturated heterocycles. The zero-order chi connectivity index (χ0) is 15.1. The largest absolute Gasteiger partial charge is 0.352 e. The van der Waals surface area contributed by atoms with Crippen LogP contribution in [0.2, 0.25) is 0 Å². The molecule has 0 atom stereocenters. The van der Waals surface area contributed by atoms with Crippen LogP contribution in [0.1, 0.15) is 11.8 Å². The minimum absolute atomic E-state index is 0.162. The Morgan fingerprint density at radius 3 is 2.62 bits per heavy atom. The number of aromatic nitrogens is 5. The van der Waals surface area contributed by atoms with Crippen molar-refractivity contribution in [2.45, 2.75) is 20.4 Å². The molecule has 7 nitrogen and oxygen atoms in total. The van der Waals surface area contributed by atoms with Gasteiger partial charge < -0.3 is 0 Å². The van der Waals surface area contributed by atoms with Gasteiger partial charge in [0.05, 0.1) is 4.88 Å². The maximum Gasteiger partial charge on any atom is 0.352 e. The van der Waals surface area contributed by atoms with Gasteiger partial charge in [-0.1, -0.05) is 0 Å². The Labute approximate surface area is 123 Å². The van der Waals surface area contributed by atoms with Crippen molar-refractivity contribution in [1.82, 2.24) is 24.3 Å². The Kier molecular flexibility index (Phi) is 3.17. The van der Waals surface area contributed by atoms with Crippen LogP contribution in [0.15, 0.2) is 21.7 Å². The summed E-state index contributed by atoms with van der Waals surface area (Å²) in [7, 11) is 1.39. The van der Waals surface area contributed by atoms with Crippen molar-refractivity contribution in [1.29, 1.82) is 0 Å². The van der Waals surface area contributed by atoms with E-state index in [9.17, 15) is 9.59 Å². The Balaban J connectivity index is 2.38. The van der Waals surface area contributed by atoms with Gasteiger partial charge in [-0.3, -0.25) is 9.36 Å². The van der Waals surface area contributed by atoms with Crippen LogP contribution >= 0.6 is 11.3 Å². The topological polar surface area (TPSA) is 82.7 Å². The lowest BCUT2D eigenvalue weighted by molar-refractivity contribution is 0.613. The van der Waals surface area contributed by atoms with Gasteiger partial charge in [0.1, 0.15) is 0 Å². The molecule has 8 heteroatoms. The number of nitrogens with zero attached hydrogens (tertiary/aromatic N) is 5. The van der Waals surface area contributed by atoms with Gasteiger partial charge in [0.2, 0.25) is 0 Å². The number of rotatable bonds is 2. The van der Waals surface area contributed by atoms with Crippen LogP contribution in [0.4, 0.5) is 0 Å². The predicted molar refractivity (Wildman–Crippen MR) is 79.7 cm³/mol.